The van der Waals surface area contributed by atoms with Crippen LogP contribution in [0.2, 0.25) is 0 Å². The van der Waals surface area contributed by atoms with Crippen LogP contribution >= 0.6 is 11.3 Å². The largest absolute Gasteiger partial charge is 0.333 e. The maximum Gasteiger partial charge on any atom is 0.245 e. The highest BCUT2D eigenvalue weighted by molar-refractivity contribution is 7.18. The summed E-state index contributed by atoms with van der Waals surface area (Å²) in [5, 5.41) is 12.0. The standard InChI is InChI=1S/C16H18N4O2S/c21-13(11-20-10-6-2-5-9-14(20)22)17-16-19-18-15(23-16)12-7-3-1-4-8-12/h1,3-4,7-8H,2,5-6,9-11H2,(H,17,19,21). The number of nitrogens with one attached hydrogen (secondary N) is 1. The molecule has 6 nitrogen and oxygen atoms in total. The molecule has 23 heavy (non-hydrogen) atoms. The molecule has 1 N–H and O–H groups in total. The van der Waals surface area contributed by atoms with Gasteiger partial charge in [0.25, 0.3) is 0 Å². The number of likely N-dealkylation sites (tertiary alicyclic amines) is 1. The number of carbonyl (C=O) groups excluding carboxylic acids is 2. The Morgan fingerprint density at radius 1 is 1.17 bits per heavy atom. The fourth-order valence-corrected chi connectivity index (χ4v) is 3.27. The van der Waals surface area contributed by atoms with Crippen LogP contribution in [0.3, 0.4) is 0 Å². The molecule has 0 saturated carbocycles. The summed E-state index contributed by atoms with van der Waals surface area (Å²) in [6.45, 7) is 0.733. The summed E-state index contributed by atoms with van der Waals surface area (Å²) in [5.41, 5.74) is 0.966. The zero-order valence-corrected chi connectivity index (χ0v) is 13.5. The molecule has 2 aromatic rings. The average molecular weight is 330 g/mol. The Labute approximate surface area is 138 Å². The van der Waals surface area contributed by atoms with E-state index in [0.29, 0.717) is 18.1 Å². The Balaban J connectivity index is 1.60. The van der Waals surface area contributed by atoms with Crippen LogP contribution in [0.15, 0.2) is 30.3 Å². The zero-order chi connectivity index (χ0) is 16.1. The molecule has 2 heterocycles. The third-order valence-corrected chi connectivity index (χ3v) is 4.59. The molecule has 1 aromatic heterocycles. The van der Waals surface area contributed by atoms with E-state index >= 15 is 0 Å². The number of hydrogen-bond donors (Lipinski definition) is 1. The minimum atomic E-state index is -0.226. The minimum Gasteiger partial charge on any atom is -0.333 e. The second kappa shape index (κ2) is 7.32. The van der Waals surface area contributed by atoms with Gasteiger partial charge in [0.05, 0.1) is 6.54 Å². The number of hydrogen-bond acceptors (Lipinski definition) is 5. The summed E-state index contributed by atoms with van der Waals surface area (Å²) < 4.78 is 0. The van der Waals surface area contributed by atoms with Crippen molar-refractivity contribution in [1.82, 2.24) is 15.1 Å². The van der Waals surface area contributed by atoms with Crippen molar-refractivity contribution in [2.45, 2.75) is 25.7 Å². The van der Waals surface area contributed by atoms with E-state index in [1.165, 1.54) is 11.3 Å². The molecule has 0 radical (unpaired) electrons. The molecule has 0 aliphatic carbocycles. The number of nitrogens with zero attached hydrogens (tertiary/aromatic N) is 3. The number of rotatable bonds is 4. The van der Waals surface area contributed by atoms with Crippen molar-refractivity contribution < 1.29 is 9.59 Å². The van der Waals surface area contributed by atoms with Gasteiger partial charge in [-0.15, -0.1) is 10.2 Å². The highest BCUT2D eigenvalue weighted by atomic mass is 32.1. The van der Waals surface area contributed by atoms with Crippen LogP contribution in [0.25, 0.3) is 10.6 Å². The van der Waals surface area contributed by atoms with Gasteiger partial charge in [-0.25, -0.2) is 0 Å². The summed E-state index contributed by atoms with van der Waals surface area (Å²) in [6.07, 6.45) is 3.44. The van der Waals surface area contributed by atoms with Gasteiger partial charge in [0.1, 0.15) is 5.01 Å². The number of aromatic nitrogens is 2. The van der Waals surface area contributed by atoms with Crippen molar-refractivity contribution in [2.24, 2.45) is 0 Å². The van der Waals surface area contributed by atoms with Gasteiger partial charge in [0, 0.05) is 18.5 Å². The summed E-state index contributed by atoms with van der Waals surface area (Å²) in [6, 6.07) is 9.69. The van der Waals surface area contributed by atoms with Gasteiger partial charge < -0.3 is 4.90 Å². The van der Waals surface area contributed by atoms with Crippen LogP contribution in [-0.2, 0) is 9.59 Å². The predicted octanol–water partition coefficient (Wildman–Crippen LogP) is 2.55. The number of benzene rings is 1. The third-order valence-electron chi connectivity index (χ3n) is 3.70. The number of anilines is 1. The number of amides is 2. The molecule has 0 spiro atoms. The van der Waals surface area contributed by atoms with Crippen molar-refractivity contribution in [3.63, 3.8) is 0 Å². The van der Waals surface area contributed by atoms with Crippen LogP contribution in [0.5, 0.6) is 0 Å². The smallest absolute Gasteiger partial charge is 0.245 e. The maximum absolute atomic E-state index is 12.1. The van der Waals surface area contributed by atoms with Crippen LogP contribution in [0, 0.1) is 0 Å². The molecule has 0 bridgehead atoms. The lowest BCUT2D eigenvalue weighted by Gasteiger charge is -2.19. The first-order valence-electron chi connectivity index (χ1n) is 7.69. The normalized spacial score (nSPS) is 15.3. The highest BCUT2D eigenvalue weighted by Crippen LogP contribution is 2.25. The zero-order valence-electron chi connectivity index (χ0n) is 12.7. The van der Waals surface area contributed by atoms with Gasteiger partial charge in [-0.3, -0.25) is 14.9 Å². The Morgan fingerprint density at radius 2 is 2.00 bits per heavy atom. The summed E-state index contributed by atoms with van der Waals surface area (Å²) in [4.78, 5) is 25.7. The van der Waals surface area contributed by atoms with E-state index in [4.69, 9.17) is 0 Å². The Bertz CT molecular complexity index is 686. The molecular weight excluding hydrogens is 312 g/mol. The van der Waals surface area contributed by atoms with Crippen LogP contribution in [0.1, 0.15) is 25.7 Å². The average Bonchev–Trinajstić information content (AvgIpc) is 2.93. The fraction of sp³-hybridized carbons (Fsp3) is 0.375. The molecular formula is C16H18N4O2S. The van der Waals surface area contributed by atoms with Crippen molar-refractivity contribution >= 4 is 28.3 Å². The Morgan fingerprint density at radius 3 is 2.83 bits per heavy atom. The molecule has 7 heteroatoms. The quantitative estimate of drug-likeness (QED) is 0.935. The first-order chi connectivity index (χ1) is 11.2. The lowest BCUT2D eigenvalue weighted by Crippen LogP contribution is -2.37. The fourth-order valence-electron chi connectivity index (χ4n) is 2.51. The Hall–Kier alpha value is -2.28. The second-order valence-corrected chi connectivity index (χ2v) is 6.43. The Kier molecular flexibility index (Phi) is 4.97. The van der Waals surface area contributed by atoms with E-state index in [1.807, 2.05) is 30.3 Å². The second-order valence-electron chi connectivity index (χ2n) is 5.45. The van der Waals surface area contributed by atoms with Crippen molar-refractivity contribution in [2.75, 3.05) is 18.4 Å². The van der Waals surface area contributed by atoms with Crippen LogP contribution in [0.4, 0.5) is 5.13 Å². The van der Waals surface area contributed by atoms with Gasteiger partial charge in [-0.05, 0) is 12.8 Å². The first-order valence-corrected chi connectivity index (χ1v) is 8.50. The van der Waals surface area contributed by atoms with Gasteiger partial charge in [-0.1, -0.05) is 48.1 Å². The molecule has 1 saturated heterocycles. The molecule has 1 aliphatic rings. The van der Waals surface area contributed by atoms with Crippen LogP contribution in [-0.4, -0.2) is 40.0 Å². The van der Waals surface area contributed by atoms with Crippen molar-refractivity contribution in [1.29, 1.82) is 0 Å². The number of carbonyl (C=O) groups is 2. The van der Waals surface area contributed by atoms with E-state index in [-0.39, 0.29) is 18.4 Å². The van der Waals surface area contributed by atoms with Gasteiger partial charge >= 0.3 is 0 Å². The molecule has 0 unspecified atom stereocenters. The SMILES string of the molecule is O=C(CN1CCCCCC1=O)Nc1nnc(-c2ccccc2)s1. The van der Waals surface area contributed by atoms with E-state index in [1.54, 1.807) is 4.90 Å². The predicted molar refractivity (Wildman–Crippen MR) is 89.0 cm³/mol. The molecule has 2 amide bonds. The topological polar surface area (TPSA) is 75.2 Å². The molecule has 1 aliphatic heterocycles. The molecule has 0 atom stereocenters. The third kappa shape index (κ3) is 4.13. The van der Waals surface area contributed by atoms with Gasteiger partial charge in [0.2, 0.25) is 16.9 Å². The molecule has 1 aromatic carbocycles. The summed E-state index contributed by atoms with van der Waals surface area (Å²) in [5.74, 6) is -0.170. The van der Waals surface area contributed by atoms with Gasteiger partial charge in [-0.2, -0.15) is 0 Å². The van der Waals surface area contributed by atoms with Gasteiger partial charge in [0.15, 0.2) is 0 Å². The van der Waals surface area contributed by atoms with E-state index in [0.717, 1.165) is 29.8 Å². The molecule has 120 valence electrons. The van der Waals surface area contributed by atoms with Crippen LogP contribution < -0.4 is 5.32 Å². The monoisotopic (exact) mass is 330 g/mol. The molecule has 3 rings (SSSR count). The van der Waals surface area contributed by atoms with E-state index in [9.17, 15) is 9.59 Å². The lowest BCUT2D eigenvalue weighted by molar-refractivity contribution is -0.134. The lowest BCUT2D eigenvalue weighted by atomic mass is 10.2. The van der Waals surface area contributed by atoms with E-state index < -0.39 is 0 Å². The molecule has 1 fully saturated rings. The minimum absolute atomic E-state index is 0.0555. The first kappa shape index (κ1) is 15.6. The summed E-state index contributed by atoms with van der Waals surface area (Å²) in [7, 11) is 0. The van der Waals surface area contributed by atoms with Crippen molar-refractivity contribution in [3.8, 4) is 10.6 Å². The van der Waals surface area contributed by atoms with Crippen molar-refractivity contribution in [3.05, 3.63) is 30.3 Å². The summed E-state index contributed by atoms with van der Waals surface area (Å²) >= 11 is 1.32. The highest BCUT2D eigenvalue weighted by Gasteiger charge is 2.20. The van der Waals surface area contributed by atoms with E-state index in [2.05, 4.69) is 15.5 Å². The maximum atomic E-state index is 12.1.